The first kappa shape index (κ1) is 19.7. The summed E-state index contributed by atoms with van der Waals surface area (Å²) in [5.74, 6) is 0.0586. The number of benzene rings is 2. The van der Waals surface area contributed by atoms with Crippen LogP contribution < -0.4 is 16.4 Å². The Hall–Kier alpha value is -3.61. The molecule has 30 heavy (non-hydrogen) atoms. The van der Waals surface area contributed by atoms with Crippen LogP contribution in [0.5, 0.6) is 0 Å². The van der Waals surface area contributed by atoms with E-state index in [4.69, 9.17) is 16.5 Å². The highest BCUT2D eigenvalue weighted by Crippen LogP contribution is 2.28. The number of para-hydroxylation sites is 2. The number of aromatic nitrogens is 1. The number of benzodiazepines with no additional fused rings is 1. The molecule has 1 atom stereocenters. The molecular weight excluding hydrogens is 376 g/mol. The molecule has 1 aliphatic heterocycles. The summed E-state index contributed by atoms with van der Waals surface area (Å²) < 4.78 is 0. The minimum atomic E-state index is -0.486. The van der Waals surface area contributed by atoms with Gasteiger partial charge >= 0.3 is 0 Å². The fraction of sp³-hybridized carbons (Fsp3) is 0.261. The topological polar surface area (TPSA) is 113 Å². The lowest BCUT2D eigenvalue weighted by atomic mass is 10.0. The lowest BCUT2D eigenvalue weighted by Gasteiger charge is -2.25. The molecule has 1 amide bonds. The summed E-state index contributed by atoms with van der Waals surface area (Å²) in [6, 6.07) is 15.5. The Morgan fingerprint density at radius 1 is 1.17 bits per heavy atom. The van der Waals surface area contributed by atoms with Crippen molar-refractivity contribution in [1.82, 2.24) is 4.98 Å². The van der Waals surface area contributed by atoms with E-state index in [1.54, 1.807) is 0 Å². The van der Waals surface area contributed by atoms with E-state index in [1.165, 1.54) is 0 Å². The van der Waals surface area contributed by atoms with Crippen molar-refractivity contribution >= 4 is 34.2 Å². The first-order chi connectivity index (χ1) is 14.5. The maximum absolute atomic E-state index is 13.6. The molecule has 1 unspecified atom stereocenters. The summed E-state index contributed by atoms with van der Waals surface area (Å²) in [6.45, 7) is 2.97. The zero-order valence-corrected chi connectivity index (χ0v) is 17.0. The number of hydrogen-bond acceptors (Lipinski definition) is 3. The van der Waals surface area contributed by atoms with Crippen LogP contribution in [0.2, 0.25) is 0 Å². The summed E-state index contributed by atoms with van der Waals surface area (Å²) in [4.78, 5) is 27.6. The van der Waals surface area contributed by atoms with Crippen molar-refractivity contribution in [2.45, 2.75) is 25.8 Å². The van der Waals surface area contributed by atoms with Crippen LogP contribution in [0.1, 0.15) is 24.5 Å². The number of anilines is 1. The van der Waals surface area contributed by atoms with Gasteiger partial charge in [-0.25, -0.2) is 0 Å². The van der Waals surface area contributed by atoms with Crippen molar-refractivity contribution in [3.63, 3.8) is 0 Å². The van der Waals surface area contributed by atoms with E-state index in [2.05, 4.69) is 16.0 Å². The van der Waals surface area contributed by atoms with Crippen LogP contribution in [-0.4, -0.2) is 41.7 Å². The molecule has 0 radical (unpaired) electrons. The molecule has 154 valence electrons. The van der Waals surface area contributed by atoms with Crippen LogP contribution >= 0.6 is 0 Å². The third kappa shape index (κ3) is 3.91. The lowest BCUT2D eigenvalue weighted by molar-refractivity contribution is -0.119. The van der Waals surface area contributed by atoms with Crippen LogP contribution in [0.25, 0.3) is 10.9 Å². The Morgan fingerprint density at radius 3 is 2.77 bits per heavy atom. The largest absolute Gasteiger partial charge is 0.370 e. The highest BCUT2D eigenvalue weighted by atomic mass is 16.2. The Labute approximate surface area is 175 Å². The van der Waals surface area contributed by atoms with Gasteiger partial charge in [0.15, 0.2) is 5.96 Å². The SMILES string of the molecule is CC1=NC(Cc2c[nH]c3ccccc23)C(=O)N(CCCN=C(N)N)c2ccccc21. The lowest BCUT2D eigenvalue weighted by Crippen LogP contribution is -2.40. The molecule has 0 fully saturated rings. The van der Waals surface area contributed by atoms with Gasteiger partial charge in [-0.05, 0) is 31.0 Å². The zero-order chi connectivity index (χ0) is 21.1. The van der Waals surface area contributed by atoms with Crippen molar-refractivity contribution in [2.24, 2.45) is 21.5 Å². The Morgan fingerprint density at radius 2 is 1.93 bits per heavy atom. The molecule has 2 heterocycles. The van der Waals surface area contributed by atoms with Crippen LogP contribution in [0.15, 0.2) is 64.7 Å². The van der Waals surface area contributed by atoms with E-state index < -0.39 is 6.04 Å². The number of fused-ring (bicyclic) bond motifs is 2. The highest BCUT2D eigenvalue weighted by molar-refractivity contribution is 6.12. The number of hydrogen-bond donors (Lipinski definition) is 3. The zero-order valence-electron chi connectivity index (χ0n) is 17.0. The summed E-state index contributed by atoms with van der Waals surface area (Å²) >= 11 is 0. The van der Waals surface area contributed by atoms with E-state index >= 15 is 0 Å². The van der Waals surface area contributed by atoms with E-state index in [0.29, 0.717) is 25.9 Å². The Bertz CT molecular complexity index is 1130. The number of aromatic amines is 1. The van der Waals surface area contributed by atoms with Gasteiger partial charge in [-0.15, -0.1) is 0 Å². The highest BCUT2D eigenvalue weighted by Gasteiger charge is 2.30. The average Bonchev–Trinajstić information content (AvgIpc) is 3.11. The van der Waals surface area contributed by atoms with E-state index in [-0.39, 0.29) is 11.9 Å². The van der Waals surface area contributed by atoms with Gasteiger partial charge < -0.3 is 21.4 Å². The fourth-order valence-corrected chi connectivity index (χ4v) is 3.98. The van der Waals surface area contributed by atoms with Gasteiger partial charge in [-0.1, -0.05) is 36.4 Å². The van der Waals surface area contributed by atoms with Gasteiger partial charge in [0, 0.05) is 47.9 Å². The van der Waals surface area contributed by atoms with Gasteiger partial charge in [-0.2, -0.15) is 0 Å². The molecule has 0 bridgehead atoms. The van der Waals surface area contributed by atoms with Crippen molar-refractivity contribution in [3.05, 3.63) is 65.9 Å². The predicted molar refractivity (Wildman–Crippen MR) is 122 cm³/mol. The fourth-order valence-electron chi connectivity index (χ4n) is 3.98. The van der Waals surface area contributed by atoms with E-state index in [9.17, 15) is 4.79 Å². The number of rotatable bonds is 6. The first-order valence-electron chi connectivity index (χ1n) is 10.1. The first-order valence-corrected chi connectivity index (χ1v) is 10.1. The van der Waals surface area contributed by atoms with Crippen molar-refractivity contribution in [2.75, 3.05) is 18.0 Å². The van der Waals surface area contributed by atoms with Crippen molar-refractivity contribution in [1.29, 1.82) is 0 Å². The minimum Gasteiger partial charge on any atom is -0.370 e. The maximum atomic E-state index is 13.6. The van der Waals surface area contributed by atoms with Gasteiger partial charge in [0.05, 0.1) is 5.69 Å². The van der Waals surface area contributed by atoms with Gasteiger partial charge in [0.25, 0.3) is 5.91 Å². The molecule has 0 aliphatic carbocycles. The second-order valence-electron chi connectivity index (χ2n) is 7.46. The molecule has 0 saturated heterocycles. The number of aliphatic imine (C=N–C) groups is 2. The summed E-state index contributed by atoms with van der Waals surface area (Å²) in [5, 5.41) is 1.12. The molecule has 0 saturated carbocycles. The second-order valence-corrected chi connectivity index (χ2v) is 7.46. The minimum absolute atomic E-state index is 0.00530. The number of H-pyrrole nitrogens is 1. The summed E-state index contributed by atoms with van der Waals surface area (Å²) in [6.07, 6.45) is 3.18. The Balaban J connectivity index is 1.65. The van der Waals surface area contributed by atoms with Crippen molar-refractivity contribution < 1.29 is 4.79 Å². The van der Waals surface area contributed by atoms with Crippen LogP contribution in [-0.2, 0) is 11.2 Å². The molecule has 7 nitrogen and oxygen atoms in total. The van der Waals surface area contributed by atoms with E-state index in [0.717, 1.165) is 33.4 Å². The van der Waals surface area contributed by atoms with Crippen LogP contribution in [0.4, 0.5) is 5.69 Å². The van der Waals surface area contributed by atoms with Gasteiger partial charge in [0.1, 0.15) is 6.04 Å². The Kier molecular flexibility index (Phi) is 5.52. The number of nitrogens with two attached hydrogens (primary N) is 2. The van der Waals surface area contributed by atoms with Gasteiger partial charge in [0.2, 0.25) is 0 Å². The normalized spacial score (nSPS) is 16.2. The third-order valence-corrected chi connectivity index (χ3v) is 5.41. The van der Waals surface area contributed by atoms with Gasteiger partial charge in [-0.3, -0.25) is 14.8 Å². The molecule has 5 N–H and O–H groups in total. The molecule has 2 aromatic carbocycles. The quantitative estimate of drug-likeness (QED) is 0.335. The number of nitrogens with one attached hydrogen (secondary N) is 1. The average molecular weight is 403 g/mol. The molecular formula is C23H26N6O. The smallest absolute Gasteiger partial charge is 0.252 e. The monoisotopic (exact) mass is 402 g/mol. The second kappa shape index (κ2) is 8.41. The summed E-state index contributed by atoms with van der Waals surface area (Å²) in [5.41, 5.74) is 15.7. The number of amides is 1. The standard InChI is InChI=1S/C23H26N6O/c1-15-17-7-3-5-10-21(17)29(12-6-11-26-23(24)25)22(30)20(28-15)13-16-14-27-19-9-4-2-8-18(16)19/h2-5,7-10,14,20,27H,6,11-13H2,1H3,(H4,24,25,26). The molecule has 3 aromatic rings. The number of carbonyl (C=O) groups is 1. The number of nitrogens with zero attached hydrogens (tertiary/aromatic N) is 3. The van der Waals surface area contributed by atoms with Crippen LogP contribution in [0, 0.1) is 0 Å². The molecule has 1 aromatic heterocycles. The molecule has 1 aliphatic rings. The predicted octanol–water partition coefficient (Wildman–Crippen LogP) is 2.60. The van der Waals surface area contributed by atoms with E-state index in [1.807, 2.05) is 60.5 Å². The summed E-state index contributed by atoms with van der Waals surface area (Å²) in [7, 11) is 0. The van der Waals surface area contributed by atoms with Crippen molar-refractivity contribution in [3.8, 4) is 0 Å². The maximum Gasteiger partial charge on any atom is 0.252 e. The number of carbonyl (C=O) groups excluding carboxylic acids is 1. The molecule has 0 spiro atoms. The molecule has 4 rings (SSSR count). The molecule has 7 heteroatoms. The van der Waals surface area contributed by atoms with Crippen LogP contribution in [0.3, 0.4) is 0 Å². The third-order valence-electron chi connectivity index (χ3n) is 5.41. The number of guanidine groups is 1.